The Balaban J connectivity index is 6.30. The molecule has 0 bridgehead atoms. The van der Waals surface area contributed by atoms with Crippen molar-refractivity contribution < 1.29 is 65.0 Å². The molecule has 0 amide bonds. The summed E-state index contributed by atoms with van der Waals surface area (Å²) in [5.74, 6) is 0. The molecule has 0 aliphatic rings. The van der Waals surface area contributed by atoms with Crippen LogP contribution in [-0.2, 0) is 18.9 Å². The minimum atomic E-state index is -5.37. The Morgan fingerprint density at radius 3 is 0.939 bits per heavy atom. The predicted octanol–water partition coefficient (Wildman–Crippen LogP) is 1.33. The molecule has 0 unspecified atom stereocenters. The molecule has 0 rings (SSSR count). The molecule has 0 atom stereocenters. The third-order valence-electron chi connectivity index (χ3n) is 3.44. The first kappa shape index (κ1) is 30.0. The Morgan fingerprint density at radius 2 is 0.758 bits per heavy atom. The van der Waals surface area contributed by atoms with E-state index in [1.807, 2.05) is 0 Å². The van der Waals surface area contributed by atoms with Crippen LogP contribution >= 0.6 is 0 Å². The van der Waals surface area contributed by atoms with Gasteiger partial charge in [-0.2, -0.15) is 26.3 Å². The monoisotopic (exact) mass is 508 g/mol. The third kappa shape index (κ3) is 8.82. The first-order chi connectivity index (χ1) is 14.6. The van der Waals surface area contributed by atoms with Gasteiger partial charge in [-0.1, -0.05) is 0 Å². The molecule has 0 saturated heterocycles. The molecule has 33 heavy (non-hydrogen) atoms. The van der Waals surface area contributed by atoms with Crippen molar-refractivity contribution in [3.63, 3.8) is 0 Å². The van der Waals surface area contributed by atoms with E-state index in [9.17, 15) is 66.8 Å². The number of halogens is 6. The average Bonchev–Trinajstić information content (AvgIpc) is 2.64. The molecule has 0 aromatic carbocycles. The van der Waals surface area contributed by atoms with Gasteiger partial charge in [0.2, 0.25) is 0 Å². The van der Waals surface area contributed by atoms with Gasteiger partial charge in [-0.25, -0.2) is 0 Å². The van der Waals surface area contributed by atoms with Crippen molar-refractivity contribution in [3.05, 3.63) is 40.5 Å². The zero-order valence-electron chi connectivity index (χ0n) is 16.3. The molecule has 0 N–H and O–H groups in total. The second kappa shape index (κ2) is 10.3. The lowest BCUT2D eigenvalue weighted by atomic mass is 10.2. The van der Waals surface area contributed by atoms with E-state index >= 15 is 0 Å². The van der Waals surface area contributed by atoms with Crippen LogP contribution in [0.4, 0.5) is 26.3 Å². The minimum absolute atomic E-state index is 0.226. The first-order valence-electron chi connectivity index (χ1n) is 7.87. The maximum atomic E-state index is 12.6. The van der Waals surface area contributed by atoms with Gasteiger partial charge in [0.15, 0.2) is 26.4 Å². The molecule has 192 valence electrons. The summed E-state index contributed by atoms with van der Waals surface area (Å²) in [6.45, 7) is -8.65. The van der Waals surface area contributed by atoms with Gasteiger partial charge in [0, 0.05) is 0 Å². The molecule has 0 spiro atoms. The number of alkyl halides is 6. The number of hydrogen-bond acceptors (Lipinski definition) is 12. The Hall–Kier alpha value is -2.98. The normalized spacial score (nSPS) is 13.6. The van der Waals surface area contributed by atoms with Crippen LogP contribution in [-0.4, -0.2) is 76.0 Å². The molecule has 16 nitrogen and oxygen atoms in total. The summed E-state index contributed by atoms with van der Waals surface area (Å²) in [5, 5.41) is 43.7. The summed E-state index contributed by atoms with van der Waals surface area (Å²) in [7, 11) is 0. The van der Waals surface area contributed by atoms with E-state index in [0.717, 1.165) is 0 Å². The van der Waals surface area contributed by atoms with Crippen molar-refractivity contribution in [2.75, 3.05) is 26.4 Å². The summed E-state index contributed by atoms with van der Waals surface area (Å²) < 4.78 is 91.8. The lowest BCUT2D eigenvalue weighted by molar-refractivity contribution is -0.802. The van der Waals surface area contributed by atoms with Gasteiger partial charge in [-0.05, 0) is 0 Å². The maximum absolute atomic E-state index is 12.6. The van der Waals surface area contributed by atoms with Crippen LogP contribution in [0.25, 0.3) is 0 Å². The number of ether oxygens (including phenoxy) is 4. The molecular weight excluding hydrogens is 494 g/mol. The standard InChI is InChI=1S/C11H14F6N4O12/c1-7(18(22)23,19(24)25)3-30-11(32-5-9(12,13)14,33-6-10(15,16)17)31-4-8(2,20(26)27)21(28)29/h3-6H2,1-2H3. The second-order valence-electron chi connectivity index (χ2n) is 6.35. The number of nitrogens with zero attached hydrogens (tertiary/aromatic N) is 4. The van der Waals surface area contributed by atoms with Crippen LogP contribution in [0.1, 0.15) is 13.8 Å². The van der Waals surface area contributed by atoms with E-state index in [0.29, 0.717) is 0 Å². The smallest absolute Gasteiger partial charge is 0.294 e. The zero-order valence-corrected chi connectivity index (χ0v) is 16.3. The molecule has 0 aromatic rings. The van der Waals surface area contributed by atoms with Gasteiger partial charge in [0.25, 0.3) is 0 Å². The van der Waals surface area contributed by atoms with Gasteiger partial charge in [-0.15, -0.1) is 0 Å². The molecule has 0 saturated carbocycles. The topological polar surface area (TPSA) is 209 Å². The Bertz CT molecular complexity index is 669. The van der Waals surface area contributed by atoms with Crippen molar-refractivity contribution in [1.82, 2.24) is 0 Å². The van der Waals surface area contributed by atoms with Gasteiger partial charge in [-0.3, -0.25) is 59.4 Å². The van der Waals surface area contributed by atoms with Crippen molar-refractivity contribution >= 4 is 0 Å². The van der Waals surface area contributed by atoms with Crippen molar-refractivity contribution in [1.29, 1.82) is 0 Å². The lowest BCUT2D eigenvalue weighted by Gasteiger charge is -2.33. The Kier molecular flexibility index (Phi) is 9.37. The summed E-state index contributed by atoms with van der Waals surface area (Å²) in [6, 6.07) is 0. The van der Waals surface area contributed by atoms with Gasteiger partial charge in [0.05, 0.1) is 13.8 Å². The highest BCUT2D eigenvalue weighted by molar-refractivity contribution is 4.64. The molecule has 0 aliphatic heterocycles. The van der Waals surface area contributed by atoms with E-state index in [2.05, 4.69) is 18.9 Å². The summed E-state index contributed by atoms with van der Waals surface area (Å²) in [6.07, 6.45) is -14.9. The minimum Gasteiger partial charge on any atom is -0.294 e. The van der Waals surface area contributed by atoms with Gasteiger partial charge in [0.1, 0.15) is 19.7 Å². The molecule has 0 heterocycles. The van der Waals surface area contributed by atoms with Gasteiger partial charge < -0.3 is 0 Å². The molecule has 0 aromatic heterocycles. The van der Waals surface area contributed by atoms with Crippen LogP contribution in [0.3, 0.4) is 0 Å². The fourth-order valence-electron chi connectivity index (χ4n) is 1.38. The van der Waals surface area contributed by atoms with E-state index in [4.69, 9.17) is 0 Å². The van der Waals surface area contributed by atoms with E-state index < -0.39 is 76.0 Å². The molecule has 0 radical (unpaired) electrons. The Labute approximate surface area is 176 Å². The van der Waals surface area contributed by atoms with E-state index in [1.165, 1.54) is 0 Å². The highest BCUT2D eigenvalue weighted by atomic mass is 19.4. The van der Waals surface area contributed by atoms with Crippen molar-refractivity contribution in [3.8, 4) is 0 Å². The summed E-state index contributed by atoms with van der Waals surface area (Å²) in [5.41, 5.74) is -6.85. The largest absolute Gasteiger partial charge is 0.478 e. The highest BCUT2D eigenvalue weighted by Crippen LogP contribution is 2.29. The zero-order chi connectivity index (χ0) is 26.5. The second-order valence-corrected chi connectivity index (χ2v) is 6.35. The van der Waals surface area contributed by atoms with E-state index in [-0.39, 0.29) is 13.8 Å². The van der Waals surface area contributed by atoms with Crippen LogP contribution in [0, 0.1) is 40.5 Å². The number of nitro groups is 4. The average molecular weight is 508 g/mol. The fourth-order valence-corrected chi connectivity index (χ4v) is 1.38. The molecule has 0 aliphatic carbocycles. The van der Waals surface area contributed by atoms with Crippen molar-refractivity contribution in [2.45, 2.75) is 43.7 Å². The van der Waals surface area contributed by atoms with E-state index in [1.54, 1.807) is 0 Å². The number of hydrogen-bond donors (Lipinski definition) is 0. The molecule has 0 fully saturated rings. The predicted molar refractivity (Wildman–Crippen MR) is 83.4 cm³/mol. The molecule has 22 heteroatoms. The molecular formula is C11H14F6N4O12. The van der Waals surface area contributed by atoms with Crippen LogP contribution in [0.2, 0.25) is 0 Å². The summed E-state index contributed by atoms with van der Waals surface area (Å²) >= 11 is 0. The SMILES string of the molecule is CC(COC(OCC(F)(F)F)(OCC(F)(F)F)OCC(C)([N+](=O)[O-])[N+](=O)[O-])([N+](=O)[O-])[N+](=O)[O-]. The van der Waals surface area contributed by atoms with Crippen LogP contribution in [0.15, 0.2) is 0 Å². The maximum Gasteiger partial charge on any atom is 0.478 e. The lowest BCUT2D eigenvalue weighted by Crippen LogP contribution is -2.56. The highest BCUT2D eigenvalue weighted by Gasteiger charge is 2.58. The Morgan fingerprint density at radius 1 is 0.545 bits per heavy atom. The summed E-state index contributed by atoms with van der Waals surface area (Å²) in [4.78, 5) is 37.1. The van der Waals surface area contributed by atoms with Crippen molar-refractivity contribution in [2.24, 2.45) is 0 Å². The number of rotatable bonds is 14. The van der Waals surface area contributed by atoms with Crippen LogP contribution < -0.4 is 0 Å². The fraction of sp³-hybridized carbons (Fsp3) is 1.00. The quantitative estimate of drug-likeness (QED) is 0.141. The van der Waals surface area contributed by atoms with Crippen LogP contribution in [0.5, 0.6) is 0 Å². The third-order valence-corrected chi connectivity index (χ3v) is 3.44. The van der Waals surface area contributed by atoms with Gasteiger partial charge >= 0.3 is 29.8 Å². The first-order valence-corrected chi connectivity index (χ1v) is 7.87.